The van der Waals surface area contributed by atoms with Crippen molar-refractivity contribution in [2.24, 2.45) is 0 Å². The number of thiophene rings is 1. The van der Waals surface area contributed by atoms with Crippen LogP contribution in [0.1, 0.15) is 21.7 Å². The highest BCUT2D eigenvalue weighted by molar-refractivity contribution is 7.89. The number of para-hydroxylation sites is 1. The Bertz CT molecular complexity index is 1160. The van der Waals surface area contributed by atoms with E-state index in [1.807, 2.05) is 23.6 Å². The summed E-state index contributed by atoms with van der Waals surface area (Å²) in [5.41, 5.74) is 1.61. The fourth-order valence-electron chi connectivity index (χ4n) is 3.94. The molecule has 2 aromatic carbocycles. The van der Waals surface area contributed by atoms with Gasteiger partial charge in [0.1, 0.15) is 0 Å². The van der Waals surface area contributed by atoms with Crippen LogP contribution in [0.15, 0.2) is 77.0 Å². The number of anilines is 1. The lowest BCUT2D eigenvalue weighted by atomic mass is 10.2. The number of piperazine rings is 1. The molecular formula is C25H30N4O3S2. The molecular weight excluding hydrogens is 468 g/mol. The summed E-state index contributed by atoms with van der Waals surface area (Å²) in [6.07, 6.45) is 0.845. The van der Waals surface area contributed by atoms with Crippen molar-refractivity contribution in [3.05, 3.63) is 82.6 Å². The van der Waals surface area contributed by atoms with E-state index in [1.165, 1.54) is 29.2 Å². The minimum Gasteiger partial charge on any atom is -0.369 e. The van der Waals surface area contributed by atoms with Gasteiger partial charge in [-0.2, -0.15) is 0 Å². The second-order valence-electron chi connectivity index (χ2n) is 8.21. The summed E-state index contributed by atoms with van der Waals surface area (Å²) < 4.78 is 27.8. The Morgan fingerprint density at radius 2 is 1.74 bits per heavy atom. The van der Waals surface area contributed by atoms with Gasteiger partial charge >= 0.3 is 0 Å². The molecule has 1 amide bonds. The third kappa shape index (κ3) is 6.66. The van der Waals surface area contributed by atoms with Gasteiger partial charge in [-0.3, -0.25) is 9.69 Å². The smallest absolute Gasteiger partial charge is 0.251 e. The van der Waals surface area contributed by atoms with Gasteiger partial charge in [0.15, 0.2) is 0 Å². The highest BCUT2D eigenvalue weighted by Gasteiger charge is 2.18. The molecule has 1 aliphatic heterocycles. The van der Waals surface area contributed by atoms with Crippen LogP contribution in [0.3, 0.4) is 0 Å². The first-order chi connectivity index (χ1) is 16.5. The normalized spacial score (nSPS) is 14.8. The van der Waals surface area contributed by atoms with E-state index in [2.05, 4.69) is 44.1 Å². The molecule has 9 heteroatoms. The number of carbonyl (C=O) groups is 1. The molecule has 0 saturated carbocycles. The number of amides is 1. The standard InChI is InChI=1S/C25H30N4O3S2/c30-25(21-7-4-11-24(19-21)34(31,32)27-20-23-10-5-18-33-23)26-12-6-13-28-14-16-29(17-15-28)22-8-2-1-3-9-22/h1-5,7-11,18-19,27H,6,12-17,20H2,(H,26,30). The monoisotopic (exact) mass is 498 g/mol. The van der Waals surface area contributed by atoms with Gasteiger partial charge in [0.2, 0.25) is 10.0 Å². The molecule has 7 nitrogen and oxygen atoms in total. The van der Waals surface area contributed by atoms with Gasteiger partial charge in [-0.1, -0.05) is 30.3 Å². The fraction of sp³-hybridized carbons (Fsp3) is 0.320. The van der Waals surface area contributed by atoms with Crippen LogP contribution >= 0.6 is 11.3 Å². The summed E-state index contributed by atoms with van der Waals surface area (Å²) in [4.78, 5) is 18.4. The maximum absolute atomic E-state index is 12.6. The van der Waals surface area contributed by atoms with Crippen molar-refractivity contribution in [3.8, 4) is 0 Å². The van der Waals surface area contributed by atoms with Gasteiger partial charge in [-0.05, 0) is 54.7 Å². The third-order valence-electron chi connectivity index (χ3n) is 5.85. The second kappa shape index (κ2) is 11.6. The Morgan fingerprint density at radius 3 is 2.47 bits per heavy atom. The van der Waals surface area contributed by atoms with Crippen LogP contribution in [0.25, 0.3) is 0 Å². The molecule has 1 saturated heterocycles. The summed E-state index contributed by atoms with van der Waals surface area (Å²) in [5.74, 6) is -0.260. The van der Waals surface area contributed by atoms with Crippen molar-refractivity contribution in [2.75, 3.05) is 44.2 Å². The van der Waals surface area contributed by atoms with E-state index in [0.717, 1.165) is 44.0 Å². The molecule has 2 N–H and O–H groups in total. The zero-order valence-corrected chi connectivity index (χ0v) is 20.7. The molecule has 3 aromatic rings. The van der Waals surface area contributed by atoms with E-state index in [1.54, 1.807) is 12.1 Å². The quantitative estimate of drug-likeness (QED) is 0.420. The summed E-state index contributed by atoms with van der Waals surface area (Å²) >= 11 is 1.49. The number of benzene rings is 2. The average Bonchev–Trinajstić information content (AvgIpc) is 3.40. The van der Waals surface area contributed by atoms with Crippen LogP contribution in [0.5, 0.6) is 0 Å². The fourth-order valence-corrected chi connectivity index (χ4v) is 5.73. The number of sulfonamides is 1. The van der Waals surface area contributed by atoms with Crippen molar-refractivity contribution in [2.45, 2.75) is 17.9 Å². The van der Waals surface area contributed by atoms with Crippen LogP contribution < -0.4 is 14.9 Å². The van der Waals surface area contributed by atoms with E-state index in [0.29, 0.717) is 12.1 Å². The topological polar surface area (TPSA) is 81.8 Å². The SMILES string of the molecule is O=C(NCCCN1CCN(c2ccccc2)CC1)c1cccc(S(=O)(=O)NCc2cccs2)c1. The molecule has 4 rings (SSSR count). The summed E-state index contributed by atoms with van der Waals surface area (Å²) in [5, 5.41) is 4.82. The van der Waals surface area contributed by atoms with Crippen LogP contribution in [-0.2, 0) is 16.6 Å². The molecule has 0 atom stereocenters. The molecule has 0 aliphatic carbocycles. The van der Waals surface area contributed by atoms with Crippen LogP contribution in [-0.4, -0.2) is 58.5 Å². The number of hydrogen-bond acceptors (Lipinski definition) is 6. The van der Waals surface area contributed by atoms with Gasteiger partial charge in [-0.25, -0.2) is 13.1 Å². The molecule has 0 bridgehead atoms. The summed E-state index contributed by atoms with van der Waals surface area (Å²) in [7, 11) is -3.69. The molecule has 34 heavy (non-hydrogen) atoms. The second-order valence-corrected chi connectivity index (χ2v) is 11.0. The Kier molecular flexibility index (Phi) is 8.34. The summed E-state index contributed by atoms with van der Waals surface area (Å²) in [6.45, 7) is 5.70. The van der Waals surface area contributed by atoms with Crippen molar-refractivity contribution in [3.63, 3.8) is 0 Å². The Morgan fingerprint density at radius 1 is 0.941 bits per heavy atom. The number of rotatable bonds is 10. The van der Waals surface area contributed by atoms with Crippen molar-refractivity contribution in [1.29, 1.82) is 0 Å². The molecule has 180 valence electrons. The minimum atomic E-state index is -3.69. The van der Waals surface area contributed by atoms with Crippen molar-refractivity contribution < 1.29 is 13.2 Å². The lowest BCUT2D eigenvalue weighted by Crippen LogP contribution is -2.47. The van der Waals surface area contributed by atoms with Gasteiger partial charge < -0.3 is 10.2 Å². The van der Waals surface area contributed by atoms with Gasteiger partial charge in [0, 0.05) is 55.4 Å². The zero-order chi connectivity index (χ0) is 23.8. The van der Waals surface area contributed by atoms with E-state index >= 15 is 0 Å². The molecule has 1 aliphatic rings. The lowest BCUT2D eigenvalue weighted by molar-refractivity contribution is 0.0951. The minimum absolute atomic E-state index is 0.0907. The molecule has 0 spiro atoms. The maximum Gasteiger partial charge on any atom is 0.251 e. The molecule has 0 radical (unpaired) electrons. The lowest BCUT2D eigenvalue weighted by Gasteiger charge is -2.36. The highest BCUT2D eigenvalue weighted by atomic mass is 32.2. The van der Waals surface area contributed by atoms with Crippen molar-refractivity contribution in [1.82, 2.24) is 14.9 Å². The number of carbonyl (C=O) groups excluding carboxylic acids is 1. The predicted octanol–water partition coefficient (Wildman–Crippen LogP) is 3.17. The van der Waals surface area contributed by atoms with Crippen LogP contribution in [0.4, 0.5) is 5.69 Å². The first kappa shape index (κ1) is 24.4. The van der Waals surface area contributed by atoms with Crippen LogP contribution in [0, 0.1) is 0 Å². The zero-order valence-electron chi connectivity index (χ0n) is 19.0. The summed E-state index contributed by atoms with van der Waals surface area (Å²) in [6, 6.07) is 20.4. The molecule has 0 unspecified atom stereocenters. The van der Waals surface area contributed by atoms with E-state index < -0.39 is 10.0 Å². The van der Waals surface area contributed by atoms with Gasteiger partial charge in [-0.15, -0.1) is 11.3 Å². The Hall–Kier alpha value is -2.72. The molecule has 1 fully saturated rings. The largest absolute Gasteiger partial charge is 0.369 e. The first-order valence-corrected chi connectivity index (χ1v) is 13.8. The average molecular weight is 499 g/mol. The van der Waals surface area contributed by atoms with Crippen LogP contribution in [0.2, 0.25) is 0 Å². The highest BCUT2D eigenvalue weighted by Crippen LogP contribution is 2.16. The first-order valence-electron chi connectivity index (χ1n) is 11.4. The van der Waals surface area contributed by atoms with Gasteiger partial charge in [0.05, 0.1) is 4.90 Å². The number of nitrogens with zero attached hydrogens (tertiary/aromatic N) is 2. The number of nitrogens with one attached hydrogen (secondary N) is 2. The van der Waals surface area contributed by atoms with Crippen molar-refractivity contribution >= 4 is 33.0 Å². The van der Waals surface area contributed by atoms with E-state index in [9.17, 15) is 13.2 Å². The molecule has 2 heterocycles. The third-order valence-corrected chi connectivity index (χ3v) is 8.13. The molecule has 1 aromatic heterocycles. The van der Waals surface area contributed by atoms with E-state index in [4.69, 9.17) is 0 Å². The Balaban J connectivity index is 1.20. The van der Waals surface area contributed by atoms with Gasteiger partial charge in [0.25, 0.3) is 5.91 Å². The predicted molar refractivity (Wildman–Crippen MR) is 137 cm³/mol. The number of hydrogen-bond donors (Lipinski definition) is 2. The maximum atomic E-state index is 12.6. The Labute approximate surface area is 205 Å². The van der Waals surface area contributed by atoms with E-state index in [-0.39, 0.29) is 17.3 Å².